The summed E-state index contributed by atoms with van der Waals surface area (Å²) in [5.74, 6) is 0.343. The Hall–Kier alpha value is -1.07. The zero-order valence-corrected chi connectivity index (χ0v) is 14.2. The molecule has 1 aromatic rings. The second-order valence-electron chi connectivity index (χ2n) is 5.40. The van der Waals surface area contributed by atoms with Crippen LogP contribution in [-0.2, 0) is 15.5 Å². The third kappa shape index (κ3) is 5.67. The first-order chi connectivity index (χ1) is 9.75. The van der Waals surface area contributed by atoms with Crippen molar-refractivity contribution >= 4 is 25.6 Å². The third-order valence-corrected chi connectivity index (χ3v) is 4.58. The van der Waals surface area contributed by atoms with E-state index in [2.05, 4.69) is 19.2 Å². The molecule has 21 heavy (non-hydrogen) atoms. The monoisotopic (exact) mass is 331 g/mol. The Kier molecular flexibility index (Phi) is 6.68. The largest absolute Gasteiger partial charge is 0.352 e. The van der Waals surface area contributed by atoms with Crippen molar-refractivity contribution in [1.82, 2.24) is 5.32 Å². The zero-order valence-electron chi connectivity index (χ0n) is 12.6. The van der Waals surface area contributed by atoms with Gasteiger partial charge in [0.15, 0.2) is 0 Å². The summed E-state index contributed by atoms with van der Waals surface area (Å²) in [5.41, 5.74) is 1.18. The van der Waals surface area contributed by atoms with Crippen molar-refractivity contribution in [3.05, 3.63) is 29.3 Å². The van der Waals surface area contributed by atoms with E-state index in [4.69, 9.17) is 10.7 Å². The highest BCUT2D eigenvalue weighted by atomic mass is 35.7. The van der Waals surface area contributed by atoms with Crippen LogP contribution in [0.15, 0.2) is 23.1 Å². The summed E-state index contributed by atoms with van der Waals surface area (Å²) < 4.78 is 22.8. The quantitative estimate of drug-likeness (QED) is 0.615. The molecule has 0 aliphatic heterocycles. The highest BCUT2D eigenvalue weighted by Crippen LogP contribution is 2.20. The highest BCUT2D eigenvalue weighted by Gasteiger charge is 2.16. The standard InChI is InChI=1S/C15H22ClNO3S/c1-4-12-7-8-13(21(16,19)20)10-14(12)15(18)17-9-5-6-11(2)3/h7-8,10-11H,4-6,9H2,1-3H3,(H,17,18). The molecule has 0 aromatic heterocycles. The molecule has 0 saturated heterocycles. The second kappa shape index (κ2) is 7.80. The first-order valence-electron chi connectivity index (χ1n) is 7.11. The fraction of sp³-hybridized carbons (Fsp3) is 0.533. The number of halogens is 1. The Bertz CT molecular complexity index is 597. The van der Waals surface area contributed by atoms with Crippen LogP contribution in [0, 0.1) is 5.92 Å². The number of rotatable bonds is 7. The van der Waals surface area contributed by atoms with E-state index < -0.39 is 9.05 Å². The van der Waals surface area contributed by atoms with Gasteiger partial charge in [-0.1, -0.05) is 26.8 Å². The van der Waals surface area contributed by atoms with Crippen LogP contribution in [0.4, 0.5) is 0 Å². The average molecular weight is 332 g/mol. The molecule has 0 spiro atoms. The topological polar surface area (TPSA) is 63.2 Å². The number of carbonyl (C=O) groups excluding carboxylic acids is 1. The Labute approximate surface area is 131 Å². The smallest absolute Gasteiger partial charge is 0.261 e. The van der Waals surface area contributed by atoms with E-state index in [1.807, 2.05) is 6.92 Å². The Morgan fingerprint density at radius 2 is 2.00 bits per heavy atom. The van der Waals surface area contributed by atoms with Gasteiger partial charge in [-0.2, -0.15) is 0 Å². The summed E-state index contributed by atoms with van der Waals surface area (Å²) in [6, 6.07) is 4.41. The van der Waals surface area contributed by atoms with E-state index in [0.717, 1.165) is 18.4 Å². The van der Waals surface area contributed by atoms with Gasteiger partial charge in [0.2, 0.25) is 0 Å². The lowest BCUT2D eigenvalue weighted by Crippen LogP contribution is -2.26. The Morgan fingerprint density at radius 1 is 1.33 bits per heavy atom. The van der Waals surface area contributed by atoms with Crippen molar-refractivity contribution in [2.45, 2.75) is 44.9 Å². The molecule has 0 unspecified atom stereocenters. The Morgan fingerprint density at radius 3 is 2.52 bits per heavy atom. The lowest BCUT2D eigenvalue weighted by atomic mass is 10.0. The molecule has 0 saturated carbocycles. The van der Waals surface area contributed by atoms with Crippen LogP contribution in [-0.4, -0.2) is 20.9 Å². The Balaban J connectivity index is 2.86. The van der Waals surface area contributed by atoms with Gasteiger partial charge in [0, 0.05) is 22.8 Å². The molecule has 0 aliphatic rings. The maximum atomic E-state index is 12.2. The van der Waals surface area contributed by atoms with Gasteiger partial charge in [-0.3, -0.25) is 4.79 Å². The van der Waals surface area contributed by atoms with Gasteiger partial charge in [0.25, 0.3) is 15.0 Å². The minimum atomic E-state index is -3.83. The highest BCUT2D eigenvalue weighted by molar-refractivity contribution is 8.13. The number of amides is 1. The molecular formula is C15H22ClNO3S. The second-order valence-corrected chi connectivity index (χ2v) is 7.97. The molecule has 118 valence electrons. The van der Waals surface area contributed by atoms with Crippen molar-refractivity contribution < 1.29 is 13.2 Å². The van der Waals surface area contributed by atoms with Gasteiger partial charge in [-0.05, 0) is 42.9 Å². The number of nitrogens with one attached hydrogen (secondary N) is 1. The van der Waals surface area contributed by atoms with E-state index in [1.54, 1.807) is 6.07 Å². The predicted octanol–water partition coefficient (Wildman–Crippen LogP) is 3.34. The maximum absolute atomic E-state index is 12.2. The molecule has 0 fully saturated rings. The first-order valence-corrected chi connectivity index (χ1v) is 9.42. The van der Waals surface area contributed by atoms with E-state index in [-0.39, 0.29) is 10.8 Å². The van der Waals surface area contributed by atoms with Gasteiger partial charge in [-0.15, -0.1) is 0 Å². The number of aryl methyl sites for hydroxylation is 1. The lowest BCUT2D eigenvalue weighted by molar-refractivity contribution is 0.0951. The third-order valence-electron chi connectivity index (χ3n) is 3.23. The van der Waals surface area contributed by atoms with Gasteiger partial charge in [-0.25, -0.2) is 8.42 Å². The van der Waals surface area contributed by atoms with E-state index >= 15 is 0 Å². The summed E-state index contributed by atoms with van der Waals surface area (Å²) in [6.45, 7) is 6.76. The van der Waals surface area contributed by atoms with Crippen LogP contribution in [0.1, 0.15) is 49.5 Å². The number of hydrogen-bond acceptors (Lipinski definition) is 3. The molecule has 1 amide bonds. The lowest BCUT2D eigenvalue weighted by Gasteiger charge is -2.11. The van der Waals surface area contributed by atoms with E-state index in [0.29, 0.717) is 24.4 Å². The molecule has 1 aromatic carbocycles. The molecule has 0 aliphatic carbocycles. The molecule has 0 radical (unpaired) electrons. The average Bonchev–Trinajstić information content (AvgIpc) is 2.41. The van der Waals surface area contributed by atoms with Crippen molar-refractivity contribution in [3.8, 4) is 0 Å². The van der Waals surface area contributed by atoms with Crippen molar-refractivity contribution in [3.63, 3.8) is 0 Å². The zero-order chi connectivity index (χ0) is 16.0. The van der Waals surface area contributed by atoms with Crippen LogP contribution in [0.3, 0.4) is 0 Å². The summed E-state index contributed by atoms with van der Waals surface area (Å²) in [6.07, 6.45) is 2.59. The number of carbonyl (C=O) groups is 1. The molecule has 0 bridgehead atoms. The molecule has 0 atom stereocenters. The summed E-state index contributed by atoms with van der Waals surface area (Å²) in [4.78, 5) is 12.2. The van der Waals surface area contributed by atoms with Crippen molar-refractivity contribution in [1.29, 1.82) is 0 Å². The van der Waals surface area contributed by atoms with Gasteiger partial charge >= 0.3 is 0 Å². The van der Waals surface area contributed by atoms with E-state index in [1.165, 1.54) is 12.1 Å². The fourth-order valence-corrected chi connectivity index (χ4v) is 2.81. The van der Waals surface area contributed by atoms with Crippen molar-refractivity contribution in [2.75, 3.05) is 6.54 Å². The molecule has 1 rings (SSSR count). The maximum Gasteiger partial charge on any atom is 0.261 e. The van der Waals surface area contributed by atoms with Gasteiger partial charge in [0.05, 0.1) is 4.90 Å². The first kappa shape index (κ1) is 18.0. The summed E-state index contributed by atoms with van der Waals surface area (Å²) in [5, 5.41) is 2.83. The molecular weight excluding hydrogens is 310 g/mol. The predicted molar refractivity (Wildman–Crippen MR) is 85.3 cm³/mol. The fourth-order valence-electron chi connectivity index (χ4n) is 2.03. The molecule has 1 N–H and O–H groups in total. The van der Waals surface area contributed by atoms with Crippen LogP contribution < -0.4 is 5.32 Å². The number of benzene rings is 1. The van der Waals surface area contributed by atoms with Crippen LogP contribution in [0.5, 0.6) is 0 Å². The SMILES string of the molecule is CCc1ccc(S(=O)(=O)Cl)cc1C(=O)NCCCC(C)C. The summed E-state index contributed by atoms with van der Waals surface area (Å²) >= 11 is 0. The van der Waals surface area contributed by atoms with Crippen LogP contribution in [0.25, 0.3) is 0 Å². The van der Waals surface area contributed by atoms with E-state index in [9.17, 15) is 13.2 Å². The molecule has 4 nitrogen and oxygen atoms in total. The number of hydrogen-bond donors (Lipinski definition) is 1. The molecule has 0 heterocycles. The minimum Gasteiger partial charge on any atom is -0.352 e. The molecule has 6 heteroatoms. The van der Waals surface area contributed by atoms with Crippen LogP contribution in [0.2, 0.25) is 0 Å². The van der Waals surface area contributed by atoms with Gasteiger partial charge in [0.1, 0.15) is 0 Å². The van der Waals surface area contributed by atoms with Crippen molar-refractivity contribution in [2.24, 2.45) is 5.92 Å². The summed E-state index contributed by atoms with van der Waals surface area (Å²) in [7, 11) is 1.50. The van der Waals surface area contributed by atoms with Gasteiger partial charge < -0.3 is 5.32 Å². The normalized spacial score (nSPS) is 11.7. The van der Waals surface area contributed by atoms with Crippen LogP contribution >= 0.6 is 10.7 Å². The minimum absolute atomic E-state index is 0.0475.